The minimum atomic E-state index is -5.43. The average Bonchev–Trinajstić information content (AvgIpc) is 3.31. The van der Waals surface area contributed by atoms with Gasteiger partial charge in [0.2, 0.25) is 0 Å². The van der Waals surface area contributed by atoms with Crippen LogP contribution >= 0.6 is 7.82 Å². The second kappa shape index (κ2) is 24.0. The zero-order chi connectivity index (χ0) is 55.0. The summed E-state index contributed by atoms with van der Waals surface area (Å²) in [6.45, 7) is 7.46. The molecule has 0 aromatic heterocycles. The minimum absolute atomic E-state index is 0.0406. The lowest BCUT2D eigenvalue weighted by molar-refractivity contribution is -0.143. The number of ether oxygens (including phenoxy) is 4. The summed E-state index contributed by atoms with van der Waals surface area (Å²) in [4.78, 5) is 28.8. The molecule has 0 saturated heterocycles. The maximum absolute atomic E-state index is 15.3. The van der Waals surface area contributed by atoms with Crippen molar-refractivity contribution in [1.82, 2.24) is 4.90 Å². The number of hydrogen-bond acceptors (Lipinski definition) is 10. The Morgan fingerprint density at radius 3 is 1.64 bits per heavy atom. The van der Waals surface area contributed by atoms with Gasteiger partial charge in [-0.3, -0.25) is 18.5 Å². The fraction of sp³-hybridized carbons (Fsp3) is 0.385. The molecule has 74 heavy (non-hydrogen) atoms. The highest BCUT2D eigenvalue weighted by Gasteiger charge is 2.42. The smallest absolute Gasteiger partial charge is 0.496 e. The lowest BCUT2D eigenvalue weighted by Gasteiger charge is -2.36. The van der Waals surface area contributed by atoms with Crippen LogP contribution in [0.5, 0.6) is 5.75 Å². The molecule has 0 N–H and O–H groups in total. The first kappa shape index (κ1) is 58.7. The number of rotatable bonds is 19. The summed E-state index contributed by atoms with van der Waals surface area (Å²) in [6, 6.07) is 19.9. The van der Waals surface area contributed by atoms with Crippen LogP contribution < -0.4 is 4.74 Å². The lowest BCUT2D eigenvalue weighted by Crippen LogP contribution is -2.45. The van der Waals surface area contributed by atoms with Gasteiger partial charge in [0.25, 0.3) is 0 Å². The number of benzene rings is 5. The molecule has 0 aliphatic carbocycles. The maximum atomic E-state index is 15.3. The highest BCUT2D eigenvalue weighted by Crippen LogP contribution is 2.51. The fourth-order valence-electron chi connectivity index (χ4n) is 7.28. The Morgan fingerprint density at radius 1 is 0.635 bits per heavy atom. The molecule has 11 nitrogen and oxygen atoms in total. The molecule has 5 aromatic rings. The topological polar surface area (TPSA) is 119 Å². The van der Waals surface area contributed by atoms with Crippen LogP contribution in [0, 0.1) is 5.82 Å². The monoisotopic (exact) mass is 1070 g/mol. The highest BCUT2D eigenvalue weighted by atomic mass is 31.2. The molecule has 3 atom stereocenters. The average molecular weight is 1070 g/mol. The number of carbonyl (C=O) groups excluding carboxylic acids is 2. The molecule has 1 amide bonds. The standard InChI is InChI=1S/C52H54F10NO10P/c1-31(2)42-25-43(45(67-8)26-44(42)53)41-20-19-38(50(54,55)56)23-37(41)27-63(47(64)73-49(5,6)7)33(4)46(36-21-39(51(57,58)59)24-40(22-36)52(60,61)62)72-48(65)71-32(3)28-68-74(66,69-29-34-15-11-9-12-16-34)70-30-35-17-13-10-14-18-35/h9-26,31-33,46H,27-30H2,1-8H3/t32?,33-,46-/m0/s1. The van der Waals surface area contributed by atoms with Gasteiger partial charge < -0.3 is 18.9 Å². The molecule has 0 radical (unpaired) electrons. The third kappa shape index (κ3) is 16.4. The predicted octanol–water partition coefficient (Wildman–Crippen LogP) is 15.6. The summed E-state index contributed by atoms with van der Waals surface area (Å²) in [7, 11) is -3.34. The first-order valence-electron chi connectivity index (χ1n) is 22.7. The Labute approximate surface area is 421 Å². The number of halogens is 10. The summed E-state index contributed by atoms with van der Waals surface area (Å²) in [5, 5.41) is 0. The van der Waals surface area contributed by atoms with Crippen molar-refractivity contribution >= 4 is 20.1 Å². The lowest BCUT2D eigenvalue weighted by atomic mass is 9.91. The van der Waals surface area contributed by atoms with Crippen molar-refractivity contribution in [3.05, 3.63) is 160 Å². The molecule has 0 bridgehead atoms. The molecule has 22 heteroatoms. The van der Waals surface area contributed by atoms with Crippen molar-refractivity contribution in [2.45, 2.75) is 117 Å². The van der Waals surface area contributed by atoms with Crippen LogP contribution in [0.3, 0.4) is 0 Å². The SMILES string of the molecule is COc1cc(F)c(C(C)C)cc1-c1ccc(C(F)(F)F)cc1CN(C(=O)OC(C)(C)C)[C@@H](C)[C@H](OC(=O)OC(C)COP(=O)(OCc1ccccc1)OCc1ccccc1)c1cc(C(F)(F)F)cc(C(F)(F)F)c1. The van der Waals surface area contributed by atoms with E-state index < -0.39 is 110 Å². The molecular weight excluding hydrogens is 1020 g/mol. The predicted molar refractivity (Wildman–Crippen MR) is 251 cm³/mol. The van der Waals surface area contributed by atoms with Gasteiger partial charge in [-0.2, -0.15) is 39.5 Å². The van der Waals surface area contributed by atoms with Gasteiger partial charge in [0.05, 0.1) is 56.2 Å². The van der Waals surface area contributed by atoms with E-state index in [1.807, 2.05) is 0 Å². The van der Waals surface area contributed by atoms with Gasteiger partial charge in [0.1, 0.15) is 23.3 Å². The van der Waals surface area contributed by atoms with Crippen LogP contribution in [0.15, 0.2) is 109 Å². The molecule has 0 aliphatic heterocycles. The van der Waals surface area contributed by atoms with E-state index in [-0.39, 0.29) is 59.4 Å². The van der Waals surface area contributed by atoms with E-state index in [2.05, 4.69) is 0 Å². The first-order chi connectivity index (χ1) is 34.4. The van der Waals surface area contributed by atoms with Gasteiger partial charge in [-0.25, -0.2) is 18.5 Å². The number of phosphoric ester groups is 1. The van der Waals surface area contributed by atoms with Gasteiger partial charge in [-0.1, -0.05) is 80.6 Å². The Bertz CT molecular complexity index is 2670. The molecule has 5 aromatic carbocycles. The summed E-state index contributed by atoms with van der Waals surface area (Å²) < 4.78 is 198. The Hall–Kier alpha value is -6.15. The second-order valence-corrected chi connectivity index (χ2v) is 19.9. The normalized spacial score (nSPS) is 13.8. The maximum Gasteiger partial charge on any atom is 0.509 e. The Morgan fingerprint density at radius 2 is 1.16 bits per heavy atom. The van der Waals surface area contributed by atoms with Crippen LogP contribution in [-0.4, -0.2) is 48.6 Å². The van der Waals surface area contributed by atoms with E-state index in [0.29, 0.717) is 28.2 Å². The number of alkyl halides is 9. The molecular formula is C52H54F10NO10P. The third-order valence-corrected chi connectivity index (χ3v) is 12.3. The van der Waals surface area contributed by atoms with Crippen LogP contribution in [0.1, 0.15) is 105 Å². The van der Waals surface area contributed by atoms with Gasteiger partial charge >= 0.3 is 38.6 Å². The largest absolute Gasteiger partial charge is 0.509 e. The van der Waals surface area contributed by atoms with Crippen molar-refractivity contribution in [2.75, 3.05) is 13.7 Å². The summed E-state index contributed by atoms with van der Waals surface area (Å²) >= 11 is 0. The van der Waals surface area contributed by atoms with Gasteiger partial charge in [0, 0.05) is 11.6 Å². The molecule has 0 saturated carbocycles. The van der Waals surface area contributed by atoms with E-state index >= 15 is 4.39 Å². The van der Waals surface area contributed by atoms with Crippen LogP contribution in [-0.2, 0) is 70.6 Å². The molecule has 0 heterocycles. The molecule has 1 unspecified atom stereocenters. The number of hydrogen-bond donors (Lipinski definition) is 0. The van der Waals surface area contributed by atoms with E-state index in [1.54, 1.807) is 74.5 Å². The van der Waals surface area contributed by atoms with Crippen molar-refractivity contribution in [1.29, 1.82) is 0 Å². The third-order valence-electron chi connectivity index (χ3n) is 11.0. The second-order valence-electron chi connectivity index (χ2n) is 18.3. The number of amides is 1. The van der Waals surface area contributed by atoms with E-state index in [9.17, 15) is 53.7 Å². The van der Waals surface area contributed by atoms with E-state index in [0.717, 1.165) is 19.1 Å². The summed E-state index contributed by atoms with van der Waals surface area (Å²) in [6.07, 6.45) is -22.9. The molecule has 0 spiro atoms. The molecule has 5 rings (SSSR count). The highest BCUT2D eigenvalue weighted by molar-refractivity contribution is 7.48. The summed E-state index contributed by atoms with van der Waals surface area (Å²) in [5.74, 6) is -1.34. The Kier molecular flexibility index (Phi) is 19.1. The number of methoxy groups -OCH3 is 1. The zero-order valence-electron chi connectivity index (χ0n) is 41.3. The van der Waals surface area contributed by atoms with Crippen molar-refractivity contribution < 1.29 is 90.6 Å². The van der Waals surface area contributed by atoms with Gasteiger partial charge in [0.15, 0.2) is 6.10 Å². The van der Waals surface area contributed by atoms with E-state index in [1.165, 1.54) is 40.9 Å². The summed E-state index contributed by atoms with van der Waals surface area (Å²) in [5.41, 5.74) is -6.47. The van der Waals surface area contributed by atoms with Gasteiger partial charge in [-0.15, -0.1) is 0 Å². The number of nitrogens with zero attached hydrogens (tertiary/aromatic N) is 1. The number of carbonyl (C=O) groups is 2. The van der Waals surface area contributed by atoms with Crippen LogP contribution in [0.4, 0.5) is 53.5 Å². The quantitative estimate of drug-likeness (QED) is 0.0449. The zero-order valence-corrected chi connectivity index (χ0v) is 42.2. The first-order valence-corrected chi connectivity index (χ1v) is 24.2. The van der Waals surface area contributed by atoms with Gasteiger partial charge in [-0.05, 0) is 110 Å². The van der Waals surface area contributed by atoms with Crippen molar-refractivity contribution in [2.24, 2.45) is 0 Å². The van der Waals surface area contributed by atoms with Crippen molar-refractivity contribution in [3.8, 4) is 16.9 Å². The van der Waals surface area contributed by atoms with Crippen molar-refractivity contribution in [3.63, 3.8) is 0 Å². The molecule has 402 valence electrons. The number of phosphoric acid groups is 1. The fourth-order valence-corrected chi connectivity index (χ4v) is 8.51. The molecule has 0 fully saturated rings. The minimum Gasteiger partial charge on any atom is -0.496 e. The van der Waals surface area contributed by atoms with Crippen LogP contribution in [0.25, 0.3) is 11.1 Å². The Balaban J connectivity index is 1.59. The van der Waals surface area contributed by atoms with E-state index in [4.69, 9.17) is 32.5 Å². The van der Waals surface area contributed by atoms with Crippen LogP contribution in [0.2, 0.25) is 0 Å². The molecule has 0 aliphatic rings.